The lowest BCUT2D eigenvalue weighted by Crippen LogP contribution is -2.18. The summed E-state index contributed by atoms with van der Waals surface area (Å²) in [6, 6.07) is -2.48. The Balaban J connectivity index is 2.55. The SMILES string of the molecule is Cl[Si](Cl)(Cl)C1C=CCCCCC1. The molecule has 0 nitrogen and oxygen atoms in total. The van der Waals surface area contributed by atoms with E-state index in [1.807, 2.05) is 0 Å². The van der Waals surface area contributed by atoms with Gasteiger partial charge in [-0.25, -0.2) is 0 Å². The van der Waals surface area contributed by atoms with Gasteiger partial charge in [0.05, 0.1) is 0 Å². The van der Waals surface area contributed by atoms with Crippen LogP contribution in [0, 0.1) is 0 Å². The van der Waals surface area contributed by atoms with Crippen LogP contribution < -0.4 is 0 Å². The highest BCUT2D eigenvalue weighted by atomic mass is 35.8. The molecule has 0 N–H and O–H groups in total. The molecule has 0 fully saturated rings. The van der Waals surface area contributed by atoms with Gasteiger partial charge in [0.2, 0.25) is 0 Å². The second-order valence-corrected chi connectivity index (χ2v) is 12.1. The zero-order chi connectivity index (χ0) is 9.03. The van der Waals surface area contributed by atoms with E-state index in [1.54, 1.807) is 0 Å². The van der Waals surface area contributed by atoms with Crippen molar-refractivity contribution in [2.45, 2.75) is 37.6 Å². The van der Waals surface area contributed by atoms with Gasteiger partial charge >= 0.3 is 6.00 Å². The van der Waals surface area contributed by atoms with Crippen LogP contribution in [-0.4, -0.2) is 6.00 Å². The minimum Gasteiger partial charge on any atom is -0.125 e. The van der Waals surface area contributed by atoms with E-state index in [0.29, 0.717) is 0 Å². The number of hydrogen-bond donors (Lipinski definition) is 0. The van der Waals surface area contributed by atoms with Crippen molar-refractivity contribution in [3.63, 3.8) is 0 Å². The summed E-state index contributed by atoms with van der Waals surface area (Å²) in [7, 11) is 0. The number of allylic oxidation sites excluding steroid dienone is 2. The number of halogens is 3. The molecule has 4 heteroatoms. The molecular weight excluding hydrogens is 231 g/mol. The topological polar surface area (TPSA) is 0 Å². The van der Waals surface area contributed by atoms with Crippen molar-refractivity contribution in [1.29, 1.82) is 0 Å². The van der Waals surface area contributed by atoms with Gasteiger partial charge in [-0.2, -0.15) is 0 Å². The Morgan fingerprint density at radius 2 is 1.83 bits per heavy atom. The second kappa shape index (κ2) is 4.90. The fourth-order valence-electron chi connectivity index (χ4n) is 1.43. The van der Waals surface area contributed by atoms with Gasteiger partial charge in [-0.15, -0.1) is 33.2 Å². The van der Waals surface area contributed by atoms with Crippen molar-refractivity contribution in [3.8, 4) is 0 Å². The first-order valence-electron chi connectivity index (χ1n) is 4.34. The molecule has 1 rings (SSSR count). The Kier molecular flexibility index (Phi) is 4.45. The van der Waals surface area contributed by atoms with E-state index >= 15 is 0 Å². The van der Waals surface area contributed by atoms with Crippen molar-refractivity contribution in [2.24, 2.45) is 0 Å². The van der Waals surface area contributed by atoms with E-state index in [0.717, 1.165) is 12.8 Å². The molecule has 0 bridgehead atoms. The molecule has 70 valence electrons. The predicted molar refractivity (Wildman–Crippen MR) is 59.3 cm³/mol. The zero-order valence-corrected chi connectivity index (χ0v) is 10.2. The van der Waals surface area contributed by atoms with Crippen LogP contribution in [0.5, 0.6) is 0 Å². The van der Waals surface area contributed by atoms with Gasteiger partial charge in [0.25, 0.3) is 0 Å². The van der Waals surface area contributed by atoms with E-state index in [1.165, 1.54) is 19.3 Å². The van der Waals surface area contributed by atoms with Gasteiger partial charge in [-0.05, 0) is 19.3 Å². The maximum absolute atomic E-state index is 5.96. The van der Waals surface area contributed by atoms with E-state index in [2.05, 4.69) is 12.2 Å². The summed E-state index contributed by atoms with van der Waals surface area (Å²) in [5.74, 6) is 0. The average Bonchev–Trinajstić information content (AvgIpc) is 1.81. The Bertz CT molecular complexity index is 162. The minimum atomic E-state index is -2.48. The standard InChI is InChI=1S/C8H13Cl3Si/c9-12(10,11)8-6-4-2-1-3-5-7-8/h4,6,8H,1-3,5,7H2. The van der Waals surface area contributed by atoms with Crippen LogP contribution in [0.15, 0.2) is 12.2 Å². The van der Waals surface area contributed by atoms with E-state index < -0.39 is 6.00 Å². The summed E-state index contributed by atoms with van der Waals surface area (Å²) in [6.07, 6.45) is 10.2. The quantitative estimate of drug-likeness (QED) is 0.361. The third kappa shape index (κ3) is 3.69. The Labute approximate surface area is 89.0 Å². The van der Waals surface area contributed by atoms with Crippen LogP contribution in [0.2, 0.25) is 5.54 Å². The van der Waals surface area contributed by atoms with Gasteiger partial charge in [-0.1, -0.05) is 25.0 Å². The Morgan fingerprint density at radius 3 is 2.50 bits per heavy atom. The molecule has 0 amide bonds. The lowest BCUT2D eigenvalue weighted by Gasteiger charge is -2.19. The fourth-order valence-corrected chi connectivity index (χ4v) is 3.96. The summed E-state index contributed by atoms with van der Waals surface area (Å²) >= 11 is 17.9. The predicted octanol–water partition coefficient (Wildman–Crippen LogP) is 4.53. The first-order chi connectivity index (χ1) is 5.61. The molecule has 1 aliphatic rings. The van der Waals surface area contributed by atoms with Crippen LogP contribution in [0.4, 0.5) is 0 Å². The van der Waals surface area contributed by atoms with Crippen LogP contribution in [0.1, 0.15) is 32.1 Å². The molecule has 1 atom stereocenters. The molecule has 0 saturated carbocycles. The normalized spacial score (nSPS) is 26.4. The second-order valence-electron chi connectivity index (χ2n) is 3.21. The third-order valence-electron chi connectivity index (χ3n) is 2.17. The molecule has 0 heterocycles. The van der Waals surface area contributed by atoms with Crippen LogP contribution in [0.25, 0.3) is 0 Å². The molecule has 0 aromatic carbocycles. The van der Waals surface area contributed by atoms with Gasteiger partial charge in [-0.3, -0.25) is 0 Å². The van der Waals surface area contributed by atoms with Gasteiger partial charge in [0.15, 0.2) is 0 Å². The molecule has 0 saturated heterocycles. The van der Waals surface area contributed by atoms with Crippen LogP contribution in [0.3, 0.4) is 0 Å². The first kappa shape index (κ1) is 10.9. The third-order valence-corrected chi connectivity index (χ3v) is 6.02. The number of hydrogen-bond acceptors (Lipinski definition) is 0. The molecule has 1 aliphatic carbocycles. The fraction of sp³-hybridized carbons (Fsp3) is 0.750. The summed E-state index contributed by atoms with van der Waals surface area (Å²) in [4.78, 5) is 0. The molecule has 0 spiro atoms. The largest absolute Gasteiger partial charge is 0.347 e. The smallest absolute Gasteiger partial charge is 0.125 e. The summed E-state index contributed by atoms with van der Waals surface area (Å²) in [5, 5.41) is 0. The van der Waals surface area contributed by atoms with Gasteiger partial charge in [0, 0.05) is 5.54 Å². The van der Waals surface area contributed by atoms with E-state index in [4.69, 9.17) is 33.2 Å². The van der Waals surface area contributed by atoms with Crippen molar-refractivity contribution >= 4 is 39.2 Å². The Hall–Kier alpha value is 0.827. The molecule has 0 aliphatic heterocycles. The minimum absolute atomic E-state index is 0.239. The first-order valence-corrected chi connectivity index (χ1v) is 9.45. The maximum atomic E-state index is 5.96. The van der Waals surface area contributed by atoms with Crippen molar-refractivity contribution < 1.29 is 0 Å². The zero-order valence-electron chi connectivity index (χ0n) is 6.90. The monoisotopic (exact) mass is 242 g/mol. The molecule has 0 aromatic rings. The van der Waals surface area contributed by atoms with Gasteiger partial charge < -0.3 is 0 Å². The van der Waals surface area contributed by atoms with Gasteiger partial charge in [0.1, 0.15) is 0 Å². The molecule has 1 unspecified atom stereocenters. The summed E-state index contributed by atoms with van der Waals surface area (Å²) in [6.45, 7) is 0. The van der Waals surface area contributed by atoms with E-state index in [9.17, 15) is 0 Å². The highest BCUT2D eigenvalue weighted by molar-refractivity contribution is 7.65. The highest BCUT2D eigenvalue weighted by Crippen LogP contribution is 2.39. The van der Waals surface area contributed by atoms with Crippen molar-refractivity contribution in [3.05, 3.63) is 12.2 Å². The van der Waals surface area contributed by atoms with Crippen molar-refractivity contribution in [1.82, 2.24) is 0 Å². The Morgan fingerprint density at radius 1 is 1.08 bits per heavy atom. The number of rotatable bonds is 1. The van der Waals surface area contributed by atoms with E-state index in [-0.39, 0.29) is 5.54 Å². The lowest BCUT2D eigenvalue weighted by atomic mass is 10.1. The summed E-state index contributed by atoms with van der Waals surface area (Å²) < 4.78 is 0. The summed E-state index contributed by atoms with van der Waals surface area (Å²) in [5.41, 5.74) is 0.239. The molecular formula is C8H13Cl3Si. The molecule has 12 heavy (non-hydrogen) atoms. The molecule has 0 radical (unpaired) electrons. The molecule has 0 aromatic heterocycles. The van der Waals surface area contributed by atoms with Crippen molar-refractivity contribution in [2.75, 3.05) is 0 Å². The highest BCUT2D eigenvalue weighted by Gasteiger charge is 2.34. The average molecular weight is 244 g/mol. The van der Waals surface area contributed by atoms with Crippen LogP contribution in [-0.2, 0) is 0 Å². The lowest BCUT2D eigenvalue weighted by molar-refractivity contribution is 0.635. The van der Waals surface area contributed by atoms with Crippen LogP contribution >= 0.6 is 33.2 Å². The maximum Gasteiger partial charge on any atom is 0.347 e.